The van der Waals surface area contributed by atoms with Gasteiger partial charge in [0.15, 0.2) is 6.23 Å². The van der Waals surface area contributed by atoms with Gasteiger partial charge in [0.1, 0.15) is 11.4 Å². The van der Waals surface area contributed by atoms with E-state index in [1.807, 2.05) is 37.5 Å². The van der Waals surface area contributed by atoms with Crippen LogP contribution in [0.25, 0.3) is 11.3 Å². The van der Waals surface area contributed by atoms with Crippen molar-refractivity contribution in [3.05, 3.63) is 63.1 Å². The maximum atomic E-state index is 12.1. The molecule has 0 aliphatic carbocycles. The molecule has 1 aliphatic rings. The fraction of sp³-hybridized carbons (Fsp3) is 0.368. The minimum absolute atomic E-state index is 0.00967. The number of aryl methyl sites for hydroxylation is 1. The summed E-state index contributed by atoms with van der Waals surface area (Å²) in [6, 6.07) is 7.60. The van der Waals surface area contributed by atoms with Crippen LogP contribution in [0.15, 0.2) is 46.2 Å². The highest BCUT2D eigenvalue weighted by atomic mass is 16.7. The zero-order valence-electron chi connectivity index (χ0n) is 16.4. The lowest BCUT2D eigenvalue weighted by atomic mass is 10.1. The standard InChI is InChI=1S/C19H22N6O4/c1-12-9-25(19(27)20-18(12)26)17-8-14(23(2)29-17)10-24-11-16(21-22-24)13-4-6-15(28-3)7-5-13/h4-7,9,11,14,17H,8,10H2,1-3H3,(H,20,26,27)/t14-,17-/m1/s1. The molecule has 1 saturated heterocycles. The van der Waals surface area contributed by atoms with Crippen molar-refractivity contribution >= 4 is 0 Å². The molecule has 0 unspecified atom stereocenters. The first kappa shape index (κ1) is 19.1. The molecule has 0 saturated carbocycles. The zero-order chi connectivity index (χ0) is 20.5. The monoisotopic (exact) mass is 398 g/mol. The molecule has 10 nitrogen and oxygen atoms in total. The zero-order valence-corrected chi connectivity index (χ0v) is 16.4. The van der Waals surface area contributed by atoms with Crippen LogP contribution in [-0.2, 0) is 11.4 Å². The average Bonchev–Trinajstić information content (AvgIpc) is 3.32. The topological polar surface area (TPSA) is 107 Å². The lowest BCUT2D eigenvalue weighted by molar-refractivity contribution is -0.168. The minimum atomic E-state index is -0.488. The lowest BCUT2D eigenvalue weighted by Crippen LogP contribution is -2.33. The van der Waals surface area contributed by atoms with Gasteiger partial charge in [-0.3, -0.25) is 23.9 Å². The van der Waals surface area contributed by atoms with Crippen LogP contribution in [-0.4, -0.2) is 49.8 Å². The fourth-order valence-corrected chi connectivity index (χ4v) is 3.35. The van der Waals surface area contributed by atoms with Gasteiger partial charge in [-0.15, -0.1) is 5.10 Å². The van der Waals surface area contributed by atoms with Crippen molar-refractivity contribution < 1.29 is 9.57 Å². The number of hydrogen-bond acceptors (Lipinski definition) is 7. The number of aromatic amines is 1. The predicted octanol–water partition coefficient (Wildman–Crippen LogP) is 0.947. The van der Waals surface area contributed by atoms with Crippen molar-refractivity contribution in [3.63, 3.8) is 0 Å². The van der Waals surface area contributed by atoms with Crippen molar-refractivity contribution in [1.82, 2.24) is 29.6 Å². The third-order valence-corrected chi connectivity index (χ3v) is 5.05. The Morgan fingerprint density at radius 2 is 2.00 bits per heavy atom. The average molecular weight is 398 g/mol. The first-order valence-electron chi connectivity index (χ1n) is 9.21. The van der Waals surface area contributed by atoms with Gasteiger partial charge in [0.25, 0.3) is 5.56 Å². The van der Waals surface area contributed by atoms with Crippen molar-refractivity contribution in [2.75, 3.05) is 14.2 Å². The number of benzene rings is 1. The van der Waals surface area contributed by atoms with Crippen LogP contribution in [0.1, 0.15) is 18.2 Å². The van der Waals surface area contributed by atoms with Crippen molar-refractivity contribution in [3.8, 4) is 17.0 Å². The van der Waals surface area contributed by atoms with E-state index >= 15 is 0 Å². The van der Waals surface area contributed by atoms with Gasteiger partial charge >= 0.3 is 5.69 Å². The Hall–Kier alpha value is -3.24. The first-order valence-corrected chi connectivity index (χ1v) is 9.21. The van der Waals surface area contributed by atoms with Gasteiger partial charge < -0.3 is 4.74 Å². The molecule has 0 amide bonds. The van der Waals surface area contributed by atoms with E-state index in [9.17, 15) is 9.59 Å². The molecule has 29 heavy (non-hydrogen) atoms. The number of ether oxygens (including phenoxy) is 1. The number of aromatic nitrogens is 5. The summed E-state index contributed by atoms with van der Waals surface area (Å²) in [4.78, 5) is 31.8. The number of hydroxylamine groups is 2. The van der Waals surface area contributed by atoms with Crippen LogP contribution in [0, 0.1) is 6.92 Å². The summed E-state index contributed by atoms with van der Waals surface area (Å²) >= 11 is 0. The molecular formula is C19H22N6O4. The number of rotatable bonds is 5. The van der Waals surface area contributed by atoms with Crippen LogP contribution >= 0.6 is 0 Å². The molecule has 1 aromatic carbocycles. The molecule has 1 N–H and O–H groups in total. The van der Waals surface area contributed by atoms with Crippen molar-refractivity contribution in [1.29, 1.82) is 0 Å². The van der Waals surface area contributed by atoms with Gasteiger partial charge in [0.2, 0.25) is 0 Å². The van der Waals surface area contributed by atoms with E-state index < -0.39 is 11.9 Å². The van der Waals surface area contributed by atoms with Crippen LogP contribution in [0.3, 0.4) is 0 Å². The Morgan fingerprint density at radius 1 is 1.24 bits per heavy atom. The Morgan fingerprint density at radius 3 is 2.72 bits per heavy atom. The normalized spacial score (nSPS) is 19.6. The molecule has 4 rings (SSSR count). The van der Waals surface area contributed by atoms with Gasteiger partial charge in [-0.1, -0.05) is 5.21 Å². The lowest BCUT2D eigenvalue weighted by Gasteiger charge is -2.16. The third kappa shape index (κ3) is 3.84. The molecule has 152 valence electrons. The summed E-state index contributed by atoms with van der Waals surface area (Å²) < 4.78 is 8.35. The predicted molar refractivity (Wildman–Crippen MR) is 104 cm³/mol. The highest BCUT2D eigenvalue weighted by Crippen LogP contribution is 2.28. The highest BCUT2D eigenvalue weighted by Gasteiger charge is 2.33. The Bertz CT molecular complexity index is 1120. The molecule has 2 aromatic heterocycles. The van der Waals surface area contributed by atoms with Crippen LogP contribution in [0.2, 0.25) is 0 Å². The van der Waals surface area contributed by atoms with E-state index in [-0.39, 0.29) is 11.6 Å². The molecule has 10 heteroatoms. The second kappa shape index (κ2) is 7.64. The summed E-state index contributed by atoms with van der Waals surface area (Å²) in [5.41, 5.74) is 1.30. The fourth-order valence-electron chi connectivity index (χ4n) is 3.35. The molecule has 0 radical (unpaired) electrons. The number of likely N-dealkylation sites (N-methyl/N-ethyl adjacent to an activating group) is 1. The summed E-state index contributed by atoms with van der Waals surface area (Å²) in [5, 5.41) is 10.2. The SMILES string of the molecule is COc1ccc(-c2cn(C[C@H]3C[C@H](n4cc(C)c(=O)[nH]c4=O)ON3C)nn2)cc1. The number of nitrogens with zero attached hydrogens (tertiary/aromatic N) is 5. The summed E-state index contributed by atoms with van der Waals surface area (Å²) in [5.74, 6) is 0.782. The van der Waals surface area contributed by atoms with Crippen LogP contribution < -0.4 is 16.0 Å². The van der Waals surface area contributed by atoms with Gasteiger partial charge in [0.05, 0.1) is 25.9 Å². The molecule has 1 aliphatic heterocycles. The Kier molecular flexibility index (Phi) is 5.03. The Balaban J connectivity index is 1.48. The second-order valence-corrected chi connectivity index (χ2v) is 7.03. The molecule has 2 atom stereocenters. The minimum Gasteiger partial charge on any atom is -0.497 e. The van der Waals surface area contributed by atoms with E-state index in [1.54, 1.807) is 23.8 Å². The van der Waals surface area contributed by atoms with Gasteiger partial charge in [-0.25, -0.2) is 4.79 Å². The van der Waals surface area contributed by atoms with Crippen molar-refractivity contribution in [2.24, 2.45) is 0 Å². The third-order valence-electron chi connectivity index (χ3n) is 5.05. The summed E-state index contributed by atoms with van der Waals surface area (Å²) in [6.07, 6.45) is 3.48. The quantitative estimate of drug-likeness (QED) is 0.682. The van der Waals surface area contributed by atoms with Crippen molar-refractivity contribution in [2.45, 2.75) is 32.2 Å². The number of nitrogens with one attached hydrogen (secondary N) is 1. The molecular weight excluding hydrogens is 376 g/mol. The van der Waals surface area contributed by atoms with Gasteiger partial charge in [-0.2, -0.15) is 5.06 Å². The highest BCUT2D eigenvalue weighted by molar-refractivity contribution is 5.58. The van der Waals surface area contributed by atoms with Crippen LogP contribution in [0.4, 0.5) is 0 Å². The molecule has 3 aromatic rings. The first-order chi connectivity index (χ1) is 13.9. The Labute approximate surface area is 166 Å². The maximum absolute atomic E-state index is 12.1. The van der Waals surface area contributed by atoms with E-state index in [0.717, 1.165) is 17.0 Å². The smallest absolute Gasteiger partial charge is 0.330 e. The van der Waals surface area contributed by atoms with E-state index in [0.29, 0.717) is 18.5 Å². The summed E-state index contributed by atoms with van der Waals surface area (Å²) in [7, 11) is 3.44. The largest absolute Gasteiger partial charge is 0.497 e. The second-order valence-electron chi connectivity index (χ2n) is 7.03. The number of hydrogen-bond donors (Lipinski definition) is 1. The van der Waals surface area contributed by atoms with Crippen LogP contribution in [0.5, 0.6) is 5.75 Å². The van der Waals surface area contributed by atoms with Gasteiger partial charge in [0, 0.05) is 30.8 Å². The number of methoxy groups -OCH3 is 1. The maximum Gasteiger partial charge on any atom is 0.330 e. The summed E-state index contributed by atoms with van der Waals surface area (Å²) in [6.45, 7) is 2.20. The van der Waals surface area contributed by atoms with Gasteiger partial charge in [-0.05, 0) is 31.2 Å². The molecule has 0 bridgehead atoms. The molecule has 0 spiro atoms. The number of H-pyrrole nitrogens is 1. The molecule has 1 fully saturated rings. The molecule has 3 heterocycles. The van der Waals surface area contributed by atoms with E-state index in [4.69, 9.17) is 9.57 Å². The van der Waals surface area contributed by atoms with E-state index in [2.05, 4.69) is 15.3 Å². The van der Waals surface area contributed by atoms with E-state index in [1.165, 1.54) is 10.8 Å².